The number of nitriles is 1. The highest BCUT2D eigenvalue weighted by Gasteiger charge is 2.27. The lowest BCUT2D eigenvalue weighted by Crippen LogP contribution is -2.35. The molecular weight excluding hydrogens is 386 g/mol. The predicted octanol–water partition coefficient (Wildman–Crippen LogP) is 4.35. The number of benzene rings is 1. The van der Waals surface area contributed by atoms with Crippen molar-refractivity contribution in [3.05, 3.63) is 57.5 Å². The van der Waals surface area contributed by atoms with Crippen molar-refractivity contribution in [1.29, 1.82) is 5.26 Å². The Bertz CT molecular complexity index is 988. The highest BCUT2D eigenvalue weighted by Crippen LogP contribution is 2.36. The number of aryl methyl sites for hydroxylation is 1. The summed E-state index contributed by atoms with van der Waals surface area (Å²) < 4.78 is 5.06. The molecule has 150 valence electrons. The monoisotopic (exact) mass is 409 g/mol. The molecule has 29 heavy (non-hydrogen) atoms. The van der Waals surface area contributed by atoms with Crippen LogP contribution >= 0.6 is 11.3 Å². The normalized spacial score (nSPS) is 13.1. The summed E-state index contributed by atoms with van der Waals surface area (Å²) in [5.74, 6) is -0.284. The summed E-state index contributed by atoms with van der Waals surface area (Å²) in [6.07, 6.45) is 4.38. The third kappa shape index (κ3) is 4.66. The zero-order valence-corrected chi connectivity index (χ0v) is 17.3. The van der Waals surface area contributed by atoms with Crippen LogP contribution in [0.3, 0.4) is 0 Å². The Morgan fingerprint density at radius 1 is 1.34 bits per heavy atom. The van der Waals surface area contributed by atoms with Crippen LogP contribution in [-0.2, 0) is 28.9 Å². The van der Waals surface area contributed by atoms with Crippen LogP contribution in [0.5, 0.6) is 0 Å². The third-order valence-electron chi connectivity index (χ3n) is 4.78. The first kappa shape index (κ1) is 20.6. The predicted molar refractivity (Wildman–Crippen MR) is 114 cm³/mol. The van der Waals surface area contributed by atoms with Gasteiger partial charge in [-0.1, -0.05) is 31.2 Å². The van der Waals surface area contributed by atoms with Gasteiger partial charge in [-0.05, 0) is 42.5 Å². The second-order valence-corrected chi connectivity index (χ2v) is 7.67. The van der Waals surface area contributed by atoms with Gasteiger partial charge in [-0.3, -0.25) is 4.79 Å². The highest BCUT2D eigenvalue weighted by atomic mass is 32.1. The van der Waals surface area contributed by atoms with Gasteiger partial charge in [-0.15, -0.1) is 11.3 Å². The third-order valence-corrected chi connectivity index (χ3v) is 5.91. The van der Waals surface area contributed by atoms with E-state index in [9.17, 15) is 14.9 Å². The zero-order valence-electron chi connectivity index (χ0n) is 16.5. The molecular formula is C22H23N3O3S. The maximum absolute atomic E-state index is 12.4. The van der Waals surface area contributed by atoms with E-state index in [1.807, 2.05) is 24.3 Å². The molecule has 0 aliphatic carbocycles. The topological polar surface area (TPSA) is 82.4 Å². The highest BCUT2D eigenvalue weighted by molar-refractivity contribution is 7.16. The molecule has 7 heteroatoms. The van der Waals surface area contributed by atoms with E-state index in [1.54, 1.807) is 17.9 Å². The molecule has 0 fully saturated rings. The summed E-state index contributed by atoms with van der Waals surface area (Å²) in [5, 5.41) is 13.0. The molecule has 1 aromatic heterocycles. The van der Waals surface area contributed by atoms with Crippen molar-refractivity contribution in [2.45, 2.75) is 33.2 Å². The molecule has 0 atom stereocenters. The molecule has 1 N–H and O–H groups in total. The quantitative estimate of drug-likeness (QED) is 0.745. The molecule has 0 saturated carbocycles. The van der Waals surface area contributed by atoms with Crippen LogP contribution in [0.15, 0.2) is 30.3 Å². The Labute approximate surface area is 174 Å². The first-order chi connectivity index (χ1) is 14.1. The van der Waals surface area contributed by atoms with E-state index in [0.29, 0.717) is 36.7 Å². The van der Waals surface area contributed by atoms with E-state index in [1.165, 1.54) is 23.0 Å². The van der Waals surface area contributed by atoms with Gasteiger partial charge in [0.05, 0.1) is 18.7 Å². The van der Waals surface area contributed by atoms with Gasteiger partial charge in [-0.2, -0.15) is 5.26 Å². The number of hydrogen-bond donors (Lipinski definition) is 1. The Kier molecular flexibility index (Phi) is 6.68. The molecule has 1 aliphatic rings. The van der Waals surface area contributed by atoms with Crippen molar-refractivity contribution in [2.75, 3.05) is 18.5 Å². The zero-order chi connectivity index (χ0) is 20.8. The summed E-state index contributed by atoms with van der Waals surface area (Å²) >= 11 is 1.35. The molecule has 2 heterocycles. The molecule has 6 nitrogen and oxygen atoms in total. The number of anilines is 1. The van der Waals surface area contributed by atoms with Crippen molar-refractivity contribution < 1.29 is 14.3 Å². The second-order valence-electron chi connectivity index (χ2n) is 6.57. The Morgan fingerprint density at radius 3 is 2.86 bits per heavy atom. The smallest absolute Gasteiger partial charge is 0.410 e. The maximum atomic E-state index is 12.4. The van der Waals surface area contributed by atoms with Crippen molar-refractivity contribution >= 4 is 34.4 Å². The Balaban J connectivity index is 1.75. The fraction of sp³-hybridized carbons (Fsp3) is 0.318. The van der Waals surface area contributed by atoms with Crippen LogP contribution in [-0.4, -0.2) is 30.1 Å². The SMILES string of the molecule is CCOC(=O)N1CCc2c(sc(NC(=O)C=Cc3ccccc3CC)c2C#N)C1. The lowest BCUT2D eigenvalue weighted by molar-refractivity contribution is -0.111. The van der Waals surface area contributed by atoms with Crippen LogP contribution in [0.25, 0.3) is 6.08 Å². The molecule has 0 bridgehead atoms. The van der Waals surface area contributed by atoms with Gasteiger partial charge in [0, 0.05) is 17.5 Å². The summed E-state index contributed by atoms with van der Waals surface area (Å²) in [7, 11) is 0. The van der Waals surface area contributed by atoms with Crippen LogP contribution < -0.4 is 5.32 Å². The number of carbonyl (C=O) groups excluding carboxylic acids is 2. The molecule has 0 saturated heterocycles. The van der Waals surface area contributed by atoms with Gasteiger partial charge in [0.15, 0.2) is 0 Å². The fourth-order valence-corrected chi connectivity index (χ4v) is 4.53. The first-order valence-corrected chi connectivity index (χ1v) is 10.4. The number of hydrogen-bond acceptors (Lipinski definition) is 5. The average molecular weight is 410 g/mol. The molecule has 2 aromatic rings. The maximum Gasteiger partial charge on any atom is 0.410 e. The van der Waals surface area contributed by atoms with Gasteiger partial charge in [0.1, 0.15) is 11.1 Å². The number of nitrogens with zero attached hydrogens (tertiary/aromatic N) is 2. The lowest BCUT2D eigenvalue weighted by Gasteiger charge is -2.25. The number of rotatable bonds is 5. The summed E-state index contributed by atoms with van der Waals surface area (Å²) in [6, 6.07) is 10.1. The summed E-state index contributed by atoms with van der Waals surface area (Å²) in [5.41, 5.74) is 3.57. The molecule has 1 aliphatic heterocycles. The molecule has 0 unspecified atom stereocenters. The van der Waals surface area contributed by atoms with Crippen LogP contribution in [0.2, 0.25) is 0 Å². The van der Waals surface area contributed by atoms with E-state index in [2.05, 4.69) is 18.3 Å². The fourth-order valence-electron chi connectivity index (χ4n) is 3.32. The van der Waals surface area contributed by atoms with E-state index in [4.69, 9.17) is 4.74 Å². The molecule has 2 amide bonds. The number of thiophene rings is 1. The number of carbonyl (C=O) groups is 2. The molecule has 0 spiro atoms. The minimum absolute atomic E-state index is 0.284. The van der Waals surface area contributed by atoms with E-state index >= 15 is 0 Å². The lowest BCUT2D eigenvalue weighted by atomic mass is 10.0. The van der Waals surface area contributed by atoms with Crippen LogP contribution in [0.4, 0.5) is 9.80 Å². The van der Waals surface area contributed by atoms with Crippen molar-refractivity contribution in [1.82, 2.24) is 4.90 Å². The molecule has 1 aromatic carbocycles. The Hall–Kier alpha value is -3.11. The van der Waals surface area contributed by atoms with Crippen molar-refractivity contribution in [2.24, 2.45) is 0 Å². The second kappa shape index (κ2) is 9.39. The van der Waals surface area contributed by atoms with Gasteiger partial charge in [0.2, 0.25) is 5.91 Å². The minimum Gasteiger partial charge on any atom is -0.450 e. The van der Waals surface area contributed by atoms with Gasteiger partial charge in [0.25, 0.3) is 0 Å². The summed E-state index contributed by atoms with van der Waals surface area (Å²) in [6.45, 7) is 5.06. The van der Waals surface area contributed by atoms with Gasteiger partial charge in [-0.25, -0.2) is 4.79 Å². The van der Waals surface area contributed by atoms with Gasteiger partial charge >= 0.3 is 6.09 Å². The standard InChI is InChI=1S/C22H23N3O3S/c1-3-15-7-5-6-8-16(15)9-10-20(26)24-21-18(13-23)17-11-12-25(14-19(17)29-21)22(27)28-4-2/h5-10H,3-4,11-12,14H2,1-2H3,(H,24,26). The number of fused-ring (bicyclic) bond motifs is 1. The summed E-state index contributed by atoms with van der Waals surface area (Å²) in [4.78, 5) is 27.0. The van der Waals surface area contributed by atoms with E-state index in [0.717, 1.165) is 22.4 Å². The van der Waals surface area contributed by atoms with Crippen LogP contribution in [0, 0.1) is 11.3 Å². The minimum atomic E-state index is -0.354. The van der Waals surface area contributed by atoms with Gasteiger partial charge < -0.3 is 15.0 Å². The molecule has 3 rings (SSSR count). The molecule has 0 radical (unpaired) electrons. The number of nitrogens with one attached hydrogen (secondary N) is 1. The van der Waals surface area contributed by atoms with Crippen molar-refractivity contribution in [3.8, 4) is 6.07 Å². The van der Waals surface area contributed by atoms with E-state index < -0.39 is 0 Å². The van der Waals surface area contributed by atoms with Crippen LogP contribution in [0.1, 0.15) is 41.0 Å². The van der Waals surface area contributed by atoms with Crippen molar-refractivity contribution in [3.63, 3.8) is 0 Å². The number of amides is 2. The largest absolute Gasteiger partial charge is 0.450 e. The first-order valence-electron chi connectivity index (χ1n) is 9.60. The Morgan fingerprint density at radius 2 is 2.14 bits per heavy atom. The van der Waals surface area contributed by atoms with E-state index in [-0.39, 0.29) is 12.0 Å². The number of ether oxygens (including phenoxy) is 1. The average Bonchev–Trinajstić information content (AvgIpc) is 3.08.